The molecule has 4 rings (SSSR count). The quantitative estimate of drug-likeness (QED) is 0.659. The summed E-state index contributed by atoms with van der Waals surface area (Å²) in [5.74, 6) is 0.794. The van der Waals surface area contributed by atoms with Gasteiger partial charge in [-0.1, -0.05) is 17.7 Å². The zero-order chi connectivity index (χ0) is 21.1. The topological polar surface area (TPSA) is 61.5 Å². The number of amides is 1. The molecule has 3 aromatic rings. The van der Waals surface area contributed by atoms with Gasteiger partial charge in [-0.25, -0.2) is 0 Å². The molecule has 0 radical (unpaired) electrons. The standard InChI is InChI=1S/C23H25ClN4O2/c1-3-30-19-8-5-17(6-9-19)20-15-21(26-25-20)23(29)28-12-10-27(11-13-28)22-14-18(24)7-4-16(22)2/h4-9,14-15H,3,10-13H2,1-2H3,(H,25,26). The number of aromatic amines is 1. The van der Waals surface area contributed by atoms with Crippen molar-refractivity contribution in [3.05, 3.63) is 64.8 Å². The third kappa shape index (κ3) is 4.28. The number of rotatable bonds is 5. The van der Waals surface area contributed by atoms with Crippen LogP contribution < -0.4 is 9.64 Å². The third-order valence-corrected chi connectivity index (χ3v) is 5.58. The minimum Gasteiger partial charge on any atom is -0.494 e. The minimum absolute atomic E-state index is 0.0258. The number of hydrogen-bond acceptors (Lipinski definition) is 4. The van der Waals surface area contributed by atoms with Crippen molar-refractivity contribution in [2.45, 2.75) is 13.8 Å². The summed E-state index contributed by atoms with van der Waals surface area (Å²) in [5.41, 5.74) is 4.51. The van der Waals surface area contributed by atoms with Crippen LogP contribution in [0.3, 0.4) is 0 Å². The highest BCUT2D eigenvalue weighted by Gasteiger charge is 2.24. The van der Waals surface area contributed by atoms with Crippen LogP contribution in [0.25, 0.3) is 11.3 Å². The number of anilines is 1. The molecular formula is C23H25ClN4O2. The monoisotopic (exact) mass is 424 g/mol. The highest BCUT2D eigenvalue weighted by molar-refractivity contribution is 6.30. The van der Waals surface area contributed by atoms with Crippen LogP contribution in [0.15, 0.2) is 48.5 Å². The fourth-order valence-corrected chi connectivity index (χ4v) is 3.88. The molecule has 0 spiro atoms. The van der Waals surface area contributed by atoms with Crippen LogP contribution in [0.5, 0.6) is 5.75 Å². The molecule has 1 fully saturated rings. The highest BCUT2D eigenvalue weighted by Crippen LogP contribution is 2.26. The van der Waals surface area contributed by atoms with Crippen LogP contribution in [0.2, 0.25) is 5.02 Å². The number of piperazine rings is 1. The molecule has 1 amide bonds. The molecule has 7 heteroatoms. The van der Waals surface area contributed by atoms with Crippen molar-refractivity contribution in [1.82, 2.24) is 15.1 Å². The van der Waals surface area contributed by atoms with Crippen molar-refractivity contribution in [3.63, 3.8) is 0 Å². The Bertz CT molecular complexity index is 1020. The van der Waals surface area contributed by atoms with Gasteiger partial charge in [0.1, 0.15) is 11.4 Å². The lowest BCUT2D eigenvalue weighted by molar-refractivity contribution is 0.0741. The molecule has 0 atom stereocenters. The van der Waals surface area contributed by atoms with Crippen LogP contribution in [-0.2, 0) is 0 Å². The zero-order valence-electron chi connectivity index (χ0n) is 17.2. The van der Waals surface area contributed by atoms with Crippen molar-refractivity contribution in [2.24, 2.45) is 0 Å². The Morgan fingerprint density at radius 2 is 1.83 bits per heavy atom. The van der Waals surface area contributed by atoms with E-state index in [0.29, 0.717) is 25.4 Å². The first-order valence-electron chi connectivity index (χ1n) is 10.1. The maximum absolute atomic E-state index is 12.9. The van der Waals surface area contributed by atoms with Crippen LogP contribution in [0.4, 0.5) is 5.69 Å². The van der Waals surface area contributed by atoms with Crippen molar-refractivity contribution < 1.29 is 9.53 Å². The summed E-state index contributed by atoms with van der Waals surface area (Å²) in [6.07, 6.45) is 0. The lowest BCUT2D eigenvalue weighted by Crippen LogP contribution is -2.49. The normalized spacial score (nSPS) is 14.1. The predicted molar refractivity (Wildman–Crippen MR) is 119 cm³/mol. The number of hydrogen-bond donors (Lipinski definition) is 1. The van der Waals surface area contributed by atoms with Gasteiger partial charge in [-0.15, -0.1) is 0 Å². The van der Waals surface area contributed by atoms with Crippen LogP contribution in [0.1, 0.15) is 23.0 Å². The van der Waals surface area contributed by atoms with E-state index in [1.807, 2.05) is 60.4 Å². The first-order chi connectivity index (χ1) is 14.5. The summed E-state index contributed by atoms with van der Waals surface area (Å²) in [5, 5.41) is 7.95. The minimum atomic E-state index is -0.0258. The molecule has 0 unspecified atom stereocenters. The molecule has 30 heavy (non-hydrogen) atoms. The molecule has 6 nitrogen and oxygen atoms in total. The van der Waals surface area contributed by atoms with E-state index in [1.54, 1.807) is 0 Å². The molecule has 2 heterocycles. The van der Waals surface area contributed by atoms with Gasteiger partial charge in [-0.3, -0.25) is 9.89 Å². The average Bonchev–Trinajstić information content (AvgIpc) is 3.26. The fraction of sp³-hybridized carbons (Fsp3) is 0.304. The van der Waals surface area contributed by atoms with Crippen LogP contribution in [-0.4, -0.2) is 53.8 Å². The van der Waals surface area contributed by atoms with E-state index in [2.05, 4.69) is 22.0 Å². The second-order valence-corrected chi connectivity index (χ2v) is 7.77. The van der Waals surface area contributed by atoms with E-state index in [0.717, 1.165) is 40.8 Å². The maximum atomic E-state index is 12.9. The number of H-pyrrole nitrogens is 1. The Labute approximate surface area is 181 Å². The van der Waals surface area contributed by atoms with Gasteiger partial charge in [-0.2, -0.15) is 5.10 Å². The number of nitrogens with zero attached hydrogens (tertiary/aromatic N) is 3. The van der Waals surface area contributed by atoms with Crippen molar-refractivity contribution in [2.75, 3.05) is 37.7 Å². The molecule has 2 aromatic carbocycles. The second kappa shape index (κ2) is 8.79. The van der Waals surface area contributed by atoms with Gasteiger partial charge in [0, 0.05) is 42.5 Å². The number of benzene rings is 2. The Balaban J connectivity index is 1.40. The molecule has 1 saturated heterocycles. The summed E-state index contributed by atoms with van der Waals surface area (Å²) in [6.45, 7) is 7.51. The first-order valence-corrected chi connectivity index (χ1v) is 10.5. The number of aryl methyl sites for hydroxylation is 1. The number of carbonyl (C=O) groups is 1. The number of ether oxygens (including phenoxy) is 1. The lowest BCUT2D eigenvalue weighted by Gasteiger charge is -2.36. The summed E-state index contributed by atoms with van der Waals surface area (Å²) >= 11 is 6.16. The Morgan fingerprint density at radius 1 is 1.10 bits per heavy atom. The summed E-state index contributed by atoms with van der Waals surface area (Å²) in [4.78, 5) is 17.1. The smallest absolute Gasteiger partial charge is 0.272 e. The lowest BCUT2D eigenvalue weighted by atomic mass is 10.1. The number of carbonyl (C=O) groups excluding carboxylic acids is 1. The van der Waals surface area contributed by atoms with E-state index in [-0.39, 0.29) is 5.91 Å². The largest absolute Gasteiger partial charge is 0.494 e. The zero-order valence-corrected chi connectivity index (χ0v) is 17.9. The summed E-state index contributed by atoms with van der Waals surface area (Å²) in [7, 11) is 0. The average molecular weight is 425 g/mol. The predicted octanol–water partition coefficient (Wildman–Crippen LogP) is 4.40. The Hall–Kier alpha value is -2.99. The first kappa shape index (κ1) is 20.3. The van der Waals surface area contributed by atoms with Gasteiger partial charge in [-0.05, 0) is 61.9 Å². The Kier molecular flexibility index (Phi) is 5.95. The summed E-state index contributed by atoms with van der Waals surface area (Å²) in [6, 6.07) is 15.4. The van der Waals surface area contributed by atoms with Gasteiger partial charge in [0.15, 0.2) is 0 Å². The highest BCUT2D eigenvalue weighted by atomic mass is 35.5. The van der Waals surface area contributed by atoms with E-state index in [9.17, 15) is 4.79 Å². The van der Waals surface area contributed by atoms with E-state index in [1.165, 1.54) is 5.56 Å². The van der Waals surface area contributed by atoms with Crippen LogP contribution >= 0.6 is 11.6 Å². The molecule has 1 aromatic heterocycles. The van der Waals surface area contributed by atoms with Crippen molar-refractivity contribution >= 4 is 23.2 Å². The third-order valence-electron chi connectivity index (χ3n) is 5.35. The molecule has 0 bridgehead atoms. The summed E-state index contributed by atoms with van der Waals surface area (Å²) < 4.78 is 5.47. The SMILES string of the molecule is CCOc1ccc(-c2cc(C(=O)N3CCN(c4cc(Cl)ccc4C)CC3)[nH]n2)cc1. The molecule has 1 aliphatic rings. The molecule has 0 saturated carbocycles. The molecule has 1 N–H and O–H groups in total. The molecular weight excluding hydrogens is 400 g/mol. The van der Waals surface area contributed by atoms with Gasteiger partial charge < -0.3 is 14.5 Å². The van der Waals surface area contributed by atoms with Gasteiger partial charge >= 0.3 is 0 Å². The van der Waals surface area contributed by atoms with Gasteiger partial charge in [0.2, 0.25) is 0 Å². The van der Waals surface area contributed by atoms with E-state index in [4.69, 9.17) is 16.3 Å². The van der Waals surface area contributed by atoms with Crippen molar-refractivity contribution in [1.29, 1.82) is 0 Å². The molecule has 0 aliphatic carbocycles. The number of halogens is 1. The Morgan fingerprint density at radius 3 is 2.53 bits per heavy atom. The number of aromatic nitrogens is 2. The van der Waals surface area contributed by atoms with Gasteiger partial charge in [0.25, 0.3) is 5.91 Å². The van der Waals surface area contributed by atoms with Gasteiger partial charge in [0.05, 0.1) is 12.3 Å². The molecule has 1 aliphatic heterocycles. The second-order valence-electron chi connectivity index (χ2n) is 7.33. The number of nitrogens with one attached hydrogen (secondary N) is 1. The van der Waals surface area contributed by atoms with E-state index >= 15 is 0 Å². The van der Waals surface area contributed by atoms with E-state index < -0.39 is 0 Å². The molecule has 156 valence electrons. The van der Waals surface area contributed by atoms with Crippen LogP contribution in [0, 0.1) is 6.92 Å². The maximum Gasteiger partial charge on any atom is 0.272 e. The van der Waals surface area contributed by atoms with Crippen molar-refractivity contribution in [3.8, 4) is 17.0 Å². The fourth-order valence-electron chi connectivity index (χ4n) is 3.71.